The number of piperidine rings is 1. The van der Waals surface area contributed by atoms with Crippen LogP contribution in [0.1, 0.15) is 26.2 Å². The van der Waals surface area contributed by atoms with E-state index in [1.807, 2.05) is 4.90 Å². The monoisotopic (exact) mass is 256 g/mol. The standard InChI is InChI=1S/C11H16N2O3S/c1-7(8-9(14)12-11(16)17-8)10(15)13-5-3-2-4-6-13/h7-8H,2-6H2,1H3,(H,12,14,16)/t7-,8+/m1/s1. The molecule has 0 aromatic heterocycles. The van der Waals surface area contributed by atoms with Gasteiger partial charge in [-0.15, -0.1) is 0 Å². The maximum absolute atomic E-state index is 12.2. The molecule has 2 saturated heterocycles. The van der Waals surface area contributed by atoms with Crippen LogP contribution in [-0.2, 0) is 9.59 Å². The van der Waals surface area contributed by atoms with E-state index in [0.717, 1.165) is 44.1 Å². The number of hydrogen-bond donors (Lipinski definition) is 1. The summed E-state index contributed by atoms with van der Waals surface area (Å²) in [7, 11) is 0. The first-order valence-corrected chi connectivity index (χ1v) is 6.78. The van der Waals surface area contributed by atoms with Crippen molar-refractivity contribution in [1.82, 2.24) is 10.2 Å². The number of carbonyl (C=O) groups is 3. The molecule has 0 aromatic rings. The van der Waals surface area contributed by atoms with Crippen LogP contribution in [0.15, 0.2) is 0 Å². The lowest BCUT2D eigenvalue weighted by Crippen LogP contribution is -2.43. The fourth-order valence-corrected chi connectivity index (χ4v) is 3.11. The molecular formula is C11H16N2O3S. The van der Waals surface area contributed by atoms with Crippen molar-refractivity contribution in [2.24, 2.45) is 5.92 Å². The van der Waals surface area contributed by atoms with Gasteiger partial charge in [-0.3, -0.25) is 19.7 Å². The summed E-state index contributed by atoms with van der Waals surface area (Å²) < 4.78 is 0. The molecule has 0 saturated carbocycles. The summed E-state index contributed by atoms with van der Waals surface area (Å²) in [6, 6.07) is 0. The zero-order chi connectivity index (χ0) is 12.4. The number of nitrogens with zero attached hydrogens (tertiary/aromatic N) is 1. The summed E-state index contributed by atoms with van der Waals surface area (Å²) >= 11 is 0.927. The van der Waals surface area contributed by atoms with Crippen LogP contribution in [0.3, 0.4) is 0 Å². The molecule has 94 valence electrons. The number of hydrogen-bond acceptors (Lipinski definition) is 4. The van der Waals surface area contributed by atoms with E-state index in [1.54, 1.807) is 6.92 Å². The van der Waals surface area contributed by atoms with Crippen LogP contribution in [0.2, 0.25) is 0 Å². The third-order valence-corrected chi connectivity index (χ3v) is 4.42. The molecule has 3 amide bonds. The molecule has 0 aromatic carbocycles. The number of nitrogens with one attached hydrogen (secondary N) is 1. The van der Waals surface area contributed by atoms with Gasteiger partial charge in [-0.1, -0.05) is 18.7 Å². The number of imide groups is 1. The van der Waals surface area contributed by atoms with Gasteiger partial charge in [0, 0.05) is 13.1 Å². The summed E-state index contributed by atoms with van der Waals surface area (Å²) in [6.07, 6.45) is 3.22. The van der Waals surface area contributed by atoms with Crippen LogP contribution in [0.5, 0.6) is 0 Å². The first-order chi connectivity index (χ1) is 8.09. The molecule has 2 aliphatic heterocycles. The lowest BCUT2D eigenvalue weighted by atomic mass is 10.0. The van der Waals surface area contributed by atoms with E-state index in [1.165, 1.54) is 0 Å². The number of likely N-dealkylation sites (tertiary alicyclic amines) is 1. The molecule has 6 heteroatoms. The zero-order valence-electron chi connectivity index (χ0n) is 9.77. The van der Waals surface area contributed by atoms with Crippen molar-refractivity contribution in [3.8, 4) is 0 Å². The Morgan fingerprint density at radius 3 is 2.53 bits per heavy atom. The number of amides is 3. The molecule has 2 rings (SSSR count). The lowest BCUT2D eigenvalue weighted by Gasteiger charge is -2.30. The highest BCUT2D eigenvalue weighted by atomic mass is 32.2. The zero-order valence-corrected chi connectivity index (χ0v) is 10.6. The van der Waals surface area contributed by atoms with Crippen LogP contribution in [0.4, 0.5) is 4.79 Å². The SMILES string of the molecule is C[C@@H](C(=O)N1CCCCC1)[C@@H]1SC(=O)NC1=O. The molecule has 5 nitrogen and oxygen atoms in total. The van der Waals surface area contributed by atoms with Crippen molar-refractivity contribution < 1.29 is 14.4 Å². The van der Waals surface area contributed by atoms with Crippen LogP contribution >= 0.6 is 11.8 Å². The second kappa shape index (κ2) is 5.08. The molecule has 2 atom stereocenters. The maximum Gasteiger partial charge on any atom is 0.286 e. The second-order valence-corrected chi connectivity index (χ2v) is 5.60. The Hall–Kier alpha value is -1.04. The third-order valence-electron chi connectivity index (χ3n) is 3.23. The average Bonchev–Trinajstić information content (AvgIpc) is 2.68. The van der Waals surface area contributed by atoms with Crippen LogP contribution in [0, 0.1) is 5.92 Å². The van der Waals surface area contributed by atoms with Gasteiger partial charge in [0.05, 0.1) is 5.92 Å². The Kier molecular flexibility index (Phi) is 3.71. The maximum atomic E-state index is 12.2. The Morgan fingerprint density at radius 2 is 2.00 bits per heavy atom. The Morgan fingerprint density at radius 1 is 1.35 bits per heavy atom. The molecule has 2 heterocycles. The normalized spacial score (nSPS) is 26.9. The van der Waals surface area contributed by atoms with E-state index in [-0.39, 0.29) is 17.1 Å². The van der Waals surface area contributed by atoms with Crippen molar-refractivity contribution in [1.29, 1.82) is 0 Å². The Labute approximate surface area is 104 Å². The van der Waals surface area contributed by atoms with E-state index < -0.39 is 11.2 Å². The van der Waals surface area contributed by atoms with Crippen molar-refractivity contribution in [3.05, 3.63) is 0 Å². The van der Waals surface area contributed by atoms with Gasteiger partial charge in [0.1, 0.15) is 5.25 Å². The van der Waals surface area contributed by atoms with Crippen molar-refractivity contribution in [2.45, 2.75) is 31.4 Å². The van der Waals surface area contributed by atoms with Gasteiger partial charge in [0.25, 0.3) is 5.24 Å². The highest BCUT2D eigenvalue weighted by Crippen LogP contribution is 2.27. The van der Waals surface area contributed by atoms with Crippen molar-refractivity contribution in [2.75, 3.05) is 13.1 Å². The number of carbonyl (C=O) groups excluding carboxylic acids is 3. The Bertz CT molecular complexity index is 353. The molecular weight excluding hydrogens is 240 g/mol. The minimum Gasteiger partial charge on any atom is -0.342 e. The molecule has 0 unspecified atom stereocenters. The van der Waals surface area contributed by atoms with Gasteiger partial charge in [0.15, 0.2) is 0 Å². The van der Waals surface area contributed by atoms with Gasteiger partial charge in [-0.2, -0.15) is 0 Å². The number of thioether (sulfide) groups is 1. The quantitative estimate of drug-likeness (QED) is 0.800. The van der Waals surface area contributed by atoms with E-state index in [4.69, 9.17) is 0 Å². The molecule has 0 radical (unpaired) electrons. The fraction of sp³-hybridized carbons (Fsp3) is 0.727. The summed E-state index contributed by atoms with van der Waals surface area (Å²) in [4.78, 5) is 36.5. The average molecular weight is 256 g/mol. The minimum absolute atomic E-state index is 0.00736. The van der Waals surface area contributed by atoms with E-state index in [2.05, 4.69) is 5.32 Å². The largest absolute Gasteiger partial charge is 0.342 e. The molecule has 0 aliphatic carbocycles. The third kappa shape index (κ3) is 2.62. The summed E-state index contributed by atoms with van der Waals surface area (Å²) in [5.41, 5.74) is 0. The highest BCUT2D eigenvalue weighted by molar-refractivity contribution is 8.15. The van der Waals surface area contributed by atoms with E-state index in [9.17, 15) is 14.4 Å². The minimum atomic E-state index is -0.558. The molecule has 0 spiro atoms. The van der Waals surface area contributed by atoms with E-state index >= 15 is 0 Å². The summed E-state index contributed by atoms with van der Waals surface area (Å²) in [5.74, 6) is -0.769. The van der Waals surface area contributed by atoms with Crippen molar-refractivity contribution in [3.63, 3.8) is 0 Å². The van der Waals surface area contributed by atoms with Gasteiger partial charge < -0.3 is 4.90 Å². The lowest BCUT2D eigenvalue weighted by molar-refractivity contribution is -0.137. The summed E-state index contributed by atoms with van der Waals surface area (Å²) in [6.45, 7) is 3.28. The summed E-state index contributed by atoms with van der Waals surface area (Å²) in [5, 5.41) is 1.31. The van der Waals surface area contributed by atoms with Crippen LogP contribution in [-0.4, -0.2) is 40.3 Å². The number of rotatable bonds is 2. The van der Waals surface area contributed by atoms with E-state index in [0.29, 0.717) is 0 Å². The molecule has 2 aliphatic rings. The first-order valence-electron chi connectivity index (χ1n) is 5.90. The van der Waals surface area contributed by atoms with Crippen molar-refractivity contribution >= 4 is 28.8 Å². The fourth-order valence-electron chi connectivity index (χ4n) is 2.23. The van der Waals surface area contributed by atoms with Gasteiger partial charge >= 0.3 is 0 Å². The predicted octanol–water partition coefficient (Wildman–Crippen LogP) is 0.987. The van der Waals surface area contributed by atoms with Crippen LogP contribution < -0.4 is 5.32 Å². The topological polar surface area (TPSA) is 66.5 Å². The second-order valence-electron chi connectivity index (χ2n) is 4.49. The Balaban J connectivity index is 1.98. The van der Waals surface area contributed by atoms with Gasteiger partial charge in [0.2, 0.25) is 11.8 Å². The van der Waals surface area contributed by atoms with Crippen LogP contribution in [0.25, 0.3) is 0 Å². The highest BCUT2D eigenvalue weighted by Gasteiger charge is 2.40. The predicted molar refractivity (Wildman–Crippen MR) is 64.5 cm³/mol. The molecule has 0 bridgehead atoms. The molecule has 17 heavy (non-hydrogen) atoms. The van der Waals surface area contributed by atoms with Gasteiger partial charge in [-0.05, 0) is 19.3 Å². The smallest absolute Gasteiger partial charge is 0.286 e. The molecule has 2 fully saturated rings. The first kappa shape index (κ1) is 12.4. The van der Waals surface area contributed by atoms with Gasteiger partial charge in [-0.25, -0.2) is 0 Å². The molecule has 1 N–H and O–H groups in total.